The number of halogens is 1. The molecule has 31 heavy (non-hydrogen) atoms. The monoisotopic (exact) mass is 431 g/mol. The number of benzene rings is 3. The largest absolute Gasteiger partial charge is 0.497 e. The zero-order chi connectivity index (χ0) is 21.8. The maximum absolute atomic E-state index is 12.5. The lowest BCUT2D eigenvalue weighted by Gasteiger charge is -2.06. The number of carbonyl (C=O) groups is 1. The fourth-order valence-corrected chi connectivity index (χ4v) is 3.29. The summed E-state index contributed by atoms with van der Waals surface area (Å²) in [5, 5.41) is 3.86. The Morgan fingerprint density at radius 2 is 1.84 bits per heavy atom. The molecule has 0 unspecified atom stereocenters. The zero-order valence-corrected chi connectivity index (χ0v) is 17.3. The second kappa shape index (κ2) is 8.90. The second-order valence-electron chi connectivity index (χ2n) is 6.79. The number of carbonyl (C=O) groups excluding carboxylic acids is 1. The molecule has 5 nitrogen and oxygen atoms in total. The van der Waals surface area contributed by atoms with Crippen LogP contribution in [0.25, 0.3) is 28.4 Å². The van der Waals surface area contributed by atoms with Crippen LogP contribution < -0.4 is 15.5 Å². The third-order valence-corrected chi connectivity index (χ3v) is 4.88. The molecule has 0 spiro atoms. The van der Waals surface area contributed by atoms with Gasteiger partial charge in [-0.25, -0.2) is 0 Å². The molecule has 0 saturated heterocycles. The van der Waals surface area contributed by atoms with E-state index in [4.69, 9.17) is 20.8 Å². The van der Waals surface area contributed by atoms with Crippen LogP contribution in [0.5, 0.6) is 5.75 Å². The summed E-state index contributed by atoms with van der Waals surface area (Å²) in [5.74, 6) is 0.775. The lowest BCUT2D eigenvalue weighted by molar-refractivity contribution is -0.111. The number of anilines is 1. The molecule has 0 fully saturated rings. The van der Waals surface area contributed by atoms with E-state index in [0.29, 0.717) is 33.2 Å². The number of hydrogen-bond donors (Lipinski definition) is 1. The molecule has 0 aliphatic rings. The van der Waals surface area contributed by atoms with Crippen LogP contribution in [0.2, 0.25) is 5.02 Å². The first-order valence-corrected chi connectivity index (χ1v) is 9.86. The van der Waals surface area contributed by atoms with Crippen LogP contribution in [0.3, 0.4) is 0 Å². The van der Waals surface area contributed by atoms with E-state index >= 15 is 0 Å². The van der Waals surface area contributed by atoms with Crippen molar-refractivity contribution in [3.05, 3.63) is 99.7 Å². The Morgan fingerprint density at radius 3 is 2.58 bits per heavy atom. The van der Waals surface area contributed by atoms with Gasteiger partial charge in [-0.05, 0) is 66.2 Å². The molecule has 0 radical (unpaired) electrons. The van der Waals surface area contributed by atoms with Crippen LogP contribution in [0.15, 0.2) is 88.1 Å². The van der Waals surface area contributed by atoms with Gasteiger partial charge in [0, 0.05) is 28.4 Å². The molecule has 1 aromatic heterocycles. The summed E-state index contributed by atoms with van der Waals surface area (Å²) in [6.07, 6.45) is 3.13. The van der Waals surface area contributed by atoms with Crippen molar-refractivity contribution in [2.24, 2.45) is 0 Å². The van der Waals surface area contributed by atoms with Crippen molar-refractivity contribution < 1.29 is 13.9 Å². The molecule has 1 heterocycles. The first-order chi connectivity index (χ1) is 15.0. The Balaban J connectivity index is 1.50. The van der Waals surface area contributed by atoms with E-state index in [2.05, 4.69) is 5.32 Å². The molecular weight excluding hydrogens is 414 g/mol. The van der Waals surface area contributed by atoms with E-state index in [1.165, 1.54) is 12.1 Å². The molecule has 4 aromatic rings. The highest BCUT2D eigenvalue weighted by atomic mass is 35.5. The maximum atomic E-state index is 12.5. The minimum atomic E-state index is -0.265. The maximum Gasteiger partial charge on any atom is 0.248 e. The van der Waals surface area contributed by atoms with Gasteiger partial charge in [0.15, 0.2) is 5.43 Å². The predicted octanol–water partition coefficient (Wildman–Crippen LogP) is 5.77. The summed E-state index contributed by atoms with van der Waals surface area (Å²) in [6.45, 7) is 0. The number of nitrogens with one attached hydrogen (secondary N) is 1. The molecule has 3 aromatic carbocycles. The van der Waals surface area contributed by atoms with Crippen molar-refractivity contribution in [3.8, 4) is 17.1 Å². The minimum absolute atomic E-state index is 0.154. The van der Waals surface area contributed by atoms with Crippen LogP contribution >= 0.6 is 11.6 Å². The van der Waals surface area contributed by atoms with E-state index in [-0.39, 0.29) is 11.3 Å². The first-order valence-electron chi connectivity index (χ1n) is 9.49. The summed E-state index contributed by atoms with van der Waals surface area (Å²) in [5.41, 5.74) is 2.51. The van der Waals surface area contributed by atoms with E-state index in [9.17, 15) is 9.59 Å². The van der Waals surface area contributed by atoms with Crippen LogP contribution in [0.1, 0.15) is 5.56 Å². The fourth-order valence-electron chi connectivity index (χ4n) is 3.09. The summed E-state index contributed by atoms with van der Waals surface area (Å²) < 4.78 is 11.0. The third kappa shape index (κ3) is 4.85. The first kappa shape index (κ1) is 20.4. The topological polar surface area (TPSA) is 68.5 Å². The highest BCUT2D eigenvalue weighted by Gasteiger charge is 2.08. The Kier molecular flexibility index (Phi) is 5.87. The summed E-state index contributed by atoms with van der Waals surface area (Å²) in [4.78, 5) is 24.6. The van der Waals surface area contributed by atoms with Crippen molar-refractivity contribution in [2.45, 2.75) is 0 Å². The molecule has 0 aliphatic carbocycles. The van der Waals surface area contributed by atoms with Gasteiger partial charge in [-0.2, -0.15) is 0 Å². The molecule has 0 saturated carbocycles. The summed E-state index contributed by atoms with van der Waals surface area (Å²) in [6, 6.07) is 20.8. The molecule has 1 N–H and O–H groups in total. The van der Waals surface area contributed by atoms with Gasteiger partial charge in [-0.1, -0.05) is 23.7 Å². The standard InChI is InChI=1S/C25H18ClNO4/c1-30-20-10-11-23-21(14-20)22(28)15-24(31-23)17-6-8-19(9-7-17)27-25(29)12-5-16-3-2-4-18(26)13-16/h2-15H,1H3,(H,27,29)/b12-5+. The summed E-state index contributed by atoms with van der Waals surface area (Å²) in [7, 11) is 1.55. The molecule has 0 bridgehead atoms. The quantitative estimate of drug-likeness (QED) is 0.407. The number of ether oxygens (including phenoxy) is 1. The van der Waals surface area contributed by atoms with Crippen LogP contribution in [-0.2, 0) is 4.79 Å². The van der Waals surface area contributed by atoms with Crippen molar-refractivity contribution in [1.29, 1.82) is 0 Å². The summed E-state index contributed by atoms with van der Waals surface area (Å²) >= 11 is 5.94. The van der Waals surface area contributed by atoms with Gasteiger partial charge in [0.25, 0.3) is 0 Å². The lowest BCUT2D eigenvalue weighted by Crippen LogP contribution is -2.07. The van der Waals surface area contributed by atoms with Crippen LogP contribution in [0, 0.1) is 0 Å². The molecule has 1 amide bonds. The number of rotatable bonds is 5. The number of amides is 1. The highest BCUT2D eigenvalue weighted by Crippen LogP contribution is 2.25. The lowest BCUT2D eigenvalue weighted by atomic mass is 10.1. The molecule has 154 valence electrons. The van der Waals surface area contributed by atoms with Gasteiger partial charge in [0.2, 0.25) is 5.91 Å². The Bertz CT molecular complexity index is 1340. The van der Waals surface area contributed by atoms with Gasteiger partial charge in [0.1, 0.15) is 17.1 Å². The predicted molar refractivity (Wildman–Crippen MR) is 124 cm³/mol. The SMILES string of the molecule is COc1ccc2oc(-c3ccc(NC(=O)/C=C/c4cccc(Cl)c4)cc3)cc(=O)c2c1. The van der Waals surface area contributed by atoms with Crippen molar-refractivity contribution in [2.75, 3.05) is 12.4 Å². The molecule has 6 heteroatoms. The van der Waals surface area contributed by atoms with Crippen molar-refractivity contribution >= 4 is 40.2 Å². The Labute approximate surface area is 183 Å². The number of methoxy groups -OCH3 is 1. The molecule has 0 aliphatic heterocycles. The van der Waals surface area contributed by atoms with E-state index < -0.39 is 0 Å². The second-order valence-corrected chi connectivity index (χ2v) is 7.23. The molecular formula is C25H18ClNO4. The average molecular weight is 432 g/mol. The third-order valence-electron chi connectivity index (χ3n) is 4.65. The van der Waals surface area contributed by atoms with Gasteiger partial charge < -0.3 is 14.5 Å². The zero-order valence-electron chi connectivity index (χ0n) is 16.6. The smallest absolute Gasteiger partial charge is 0.248 e. The normalized spacial score (nSPS) is 11.0. The van der Waals surface area contributed by atoms with Gasteiger partial charge in [-0.15, -0.1) is 0 Å². The fraction of sp³-hybridized carbons (Fsp3) is 0.0400. The van der Waals surface area contributed by atoms with Crippen molar-refractivity contribution in [1.82, 2.24) is 0 Å². The highest BCUT2D eigenvalue weighted by molar-refractivity contribution is 6.30. The van der Waals surface area contributed by atoms with Gasteiger partial charge in [-0.3, -0.25) is 9.59 Å². The molecule has 0 atom stereocenters. The molecule has 4 rings (SSSR count). The Morgan fingerprint density at radius 1 is 1.03 bits per heavy atom. The minimum Gasteiger partial charge on any atom is -0.497 e. The number of fused-ring (bicyclic) bond motifs is 1. The van der Waals surface area contributed by atoms with E-state index in [0.717, 1.165) is 11.1 Å². The Hall–Kier alpha value is -3.83. The van der Waals surface area contributed by atoms with Crippen LogP contribution in [0.4, 0.5) is 5.69 Å². The van der Waals surface area contributed by atoms with E-state index in [1.807, 2.05) is 12.1 Å². The van der Waals surface area contributed by atoms with Gasteiger partial charge in [0.05, 0.1) is 12.5 Å². The number of hydrogen-bond acceptors (Lipinski definition) is 4. The van der Waals surface area contributed by atoms with Crippen molar-refractivity contribution in [3.63, 3.8) is 0 Å². The van der Waals surface area contributed by atoms with Crippen LogP contribution in [-0.4, -0.2) is 13.0 Å². The van der Waals surface area contributed by atoms with Gasteiger partial charge >= 0.3 is 0 Å². The van der Waals surface area contributed by atoms with E-state index in [1.54, 1.807) is 67.8 Å². The average Bonchev–Trinajstić information content (AvgIpc) is 2.78.